The predicted molar refractivity (Wildman–Crippen MR) is 150 cm³/mol. The second-order valence-electron chi connectivity index (χ2n) is 11.2. The molecule has 6 nitrogen and oxygen atoms in total. The highest BCUT2D eigenvalue weighted by Gasteiger charge is 2.34. The van der Waals surface area contributed by atoms with Crippen LogP contribution in [0, 0.1) is 25.5 Å². The third kappa shape index (κ3) is 5.20. The van der Waals surface area contributed by atoms with E-state index in [2.05, 4.69) is 6.92 Å². The number of carbonyl (C=O) groups is 1. The van der Waals surface area contributed by atoms with Gasteiger partial charge in [0.05, 0.1) is 19.3 Å². The molecule has 5 rings (SSSR count). The summed E-state index contributed by atoms with van der Waals surface area (Å²) >= 11 is 0. The van der Waals surface area contributed by atoms with Gasteiger partial charge in [-0.3, -0.25) is 0 Å². The van der Waals surface area contributed by atoms with Crippen molar-refractivity contribution in [2.75, 3.05) is 13.7 Å². The SMILES string of the molecule is COC(=O)[C@@H](OC(C)(C)C)c1c(C)nc2c(ccn2Cc2ccc(F)c(F)c2)c1-c1ccc2c(c1C)CCCO2. The molecule has 8 heteroatoms. The van der Waals surface area contributed by atoms with Gasteiger partial charge >= 0.3 is 5.97 Å². The fourth-order valence-electron chi connectivity index (χ4n) is 5.47. The van der Waals surface area contributed by atoms with Gasteiger partial charge in [0.25, 0.3) is 0 Å². The Balaban J connectivity index is 1.77. The van der Waals surface area contributed by atoms with Crippen LogP contribution < -0.4 is 4.74 Å². The van der Waals surface area contributed by atoms with Crippen molar-refractivity contribution in [1.29, 1.82) is 0 Å². The van der Waals surface area contributed by atoms with E-state index < -0.39 is 29.3 Å². The van der Waals surface area contributed by atoms with E-state index in [1.54, 1.807) is 6.07 Å². The number of hydrogen-bond donors (Lipinski definition) is 0. The Hall–Kier alpha value is -3.78. The second-order valence-corrected chi connectivity index (χ2v) is 11.2. The van der Waals surface area contributed by atoms with Gasteiger partial charge in [-0.15, -0.1) is 0 Å². The topological polar surface area (TPSA) is 62.6 Å². The molecule has 1 aliphatic heterocycles. The van der Waals surface area contributed by atoms with Crippen molar-refractivity contribution in [3.8, 4) is 16.9 Å². The Kier molecular flexibility index (Phi) is 7.40. The molecule has 0 aliphatic carbocycles. The summed E-state index contributed by atoms with van der Waals surface area (Å²) in [6, 6.07) is 9.84. The van der Waals surface area contributed by atoms with Gasteiger partial charge in [0.15, 0.2) is 17.7 Å². The van der Waals surface area contributed by atoms with Crippen LogP contribution in [-0.2, 0) is 27.2 Å². The molecule has 40 heavy (non-hydrogen) atoms. The third-order valence-corrected chi connectivity index (χ3v) is 7.28. The third-order valence-electron chi connectivity index (χ3n) is 7.28. The summed E-state index contributed by atoms with van der Waals surface area (Å²) in [7, 11) is 1.35. The summed E-state index contributed by atoms with van der Waals surface area (Å²) in [5, 5.41) is 0.814. The number of nitrogens with zero attached hydrogens (tertiary/aromatic N) is 2. The van der Waals surface area contributed by atoms with Crippen LogP contribution in [0.2, 0.25) is 0 Å². The lowest BCUT2D eigenvalue weighted by Gasteiger charge is -2.29. The van der Waals surface area contributed by atoms with Crippen LogP contribution >= 0.6 is 0 Å². The lowest BCUT2D eigenvalue weighted by Crippen LogP contribution is -2.29. The summed E-state index contributed by atoms with van der Waals surface area (Å²) in [5.74, 6) is -1.42. The minimum absolute atomic E-state index is 0.294. The smallest absolute Gasteiger partial charge is 0.339 e. The van der Waals surface area contributed by atoms with Crippen LogP contribution in [0.4, 0.5) is 8.78 Å². The molecule has 0 radical (unpaired) electrons. The van der Waals surface area contributed by atoms with E-state index >= 15 is 0 Å². The number of aryl methyl sites for hydroxylation is 1. The van der Waals surface area contributed by atoms with E-state index in [1.165, 1.54) is 13.2 Å². The average molecular weight is 549 g/mol. The standard InChI is InChI=1S/C32H34F2N2O4/c1-18-21-8-7-15-39-26(21)12-10-22(18)28-23-13-14-36(17-20-9-11-24(33)25(34)16-20)30(23)35-19(2)27(28)29(31(37)38-6)40-32(3,4)5/h9-14,16,29H,7-8,15,17H2,1-6H3/t29-/m0/s1. The maximum atomic E-state index is 14.0. The molecule has 0 amide bonds. The number of halogens is 2. The number of ether oxygens (including phenoxy) is 3. The van der Waals surface area contributed by atoms with Gasteiger partial charge in [-0.25, -0.2) is 18.6 Å². The summed E-state index contributed by atoms with van der Waals surface area (Å²) in [6.07, 6.45) is 2.68. The molecule has 1 aliphatic rings. The van der Waals surface area contributed by atoms with Crippen LogP contribution in [0.1, 0.15) is 61.2 Å². The summed E-state index contributed by atoms with van der Waals surface area (Å²) < 4.78 is 46.9. The first-order valence-corrected chi connectivity index (χ1v) is 13.4. The highest BCUT2D eigenvalue weighted by Crippen LogP contribution is 2.43. The molecule has 1 atom stereocenters. The molecule has 210 valence electrons. The molecule has 0 fully saturated rings. The predicted octanol–water partition coefficient (Wildman–Crippen LogP) is 7.00. The number of esters is 1. The second kappa shape index (κ2) is 10.7. The molecule has 2 aromatic heterocycles. The number of fused-ring (bicyclic) bond motifs is 2. The molecular formula is C32H34F2N2O4. The summed E-state index contributed by atoms with van der Waals surface area (Å²) in [6.45, 7) is 10.6. The number of aromatic nitrogens is 2. The van der Waals surface area contributed by atoms with Gasteiger partial charge in [0.1, 0.15) is 11.4 Å². The number of hydrogen-bond acceptors (Lipinski definition) is 5. The van der Waals surface area contributed by atoms with E-state index in [-0.39, 0.29) is 0 Å². The van der Waals surface area contributed by atoms with Crippen molar-refractivity contribution >= 4 is 17.0 Å². The maximum absolute atomic E-state index is 14.0. The Labute approximate surface area is 232 Å². The molecule has 0 unspecified atom stereocenters. The first-order valence-electron chi connectivity index (χ1n) is 13.4. The van der Waals surface area contributed by atoms with Crippen molar-refractivity contribution in [3.63, 3.8) is 0 Å². The first-order chi connectivity index (χ1) is 19.0. The Morgan fingerprint density at radius 2 is 1.90 bits per heavy atom. The van der Waals surface area contributed by atoms with Gasteiger partial charge in [-0.1, -0.05) is 12.1 Å². The maximum Gasteiger partial charge on any atom is 0.339 e. The number of pyridine rings is 1. The van der Waals surface area contributed by atoms with Crippen molar-refractivity contribution in [2.24, 2.45) is 0 Å². The van der Waals surface area contributed by atoms with Crippen LogP contribution in [0.5, 0.6) is 5.75 Å². The normalized spacial score (nSPS) is 14.1. The minimum Gasteiger partial charge on any atom is -0.493 e. The molecule has 2 aromatic carbocycles. The molecule has 0 spiro atoms. The van der Waals surface area contributed by atoms with Crippen LogP contribution in [0.25, 0.3) is 22.2 Å². The highest BCUT2D eigenvalue weighted by atomic mass is 19.2. The van der Waals surface area contributed by atoms with Crippen molar-refractivity contribution < 1.29 is 27.8 Å². The quantitative estimate of drug-likeness (QED) is 0.243. The molecule has 0 saturated carbocycles. The van der Waals surface area contributed by atoms with Gasteiger partial charge < -0.3 is 18.8 Å². The Bertz CT molecular complexity index is 1600. The van der Waals surface area contributed by atoms with E-state index in [9.17, 15) is 13.6 Å². The summed E-state index contributed by atoms with van der Waals surface area (Å²) in [5.41, 5.74) is 5.86. The fourth-order valence-corrected chi connectivity index (χ4v) is 5.47. The molecule has 0 N–H and O–H groups in total. The molecule has 0 bridgehead atoms. The fraction of sp³-hybridized carbons (Fsp3) is 0.375. The van der Waals surface area contributed by atoms with Crippen molar-refractivity contribution in [3.05, 3.63) is 82.2 Å². The molecule has 4 aromatic rings. The Morgan fingerprint density at radius 1 is 1.12 bits per heavy atom. The average Bonchev–Trinajstić information content (AvgIpc) is 3.30. The lowest BCUT2D eigenvalue weighted by atomic mass is 9.87. The number of rotatable bonds is 6. The number of benzene rings is 2. The van der Waals surface area contributed by atoms with E-state index in [4.69, 9.17) is 19.2 Å². The zero-order valence-corrected chi connectivity index (χ0v) is 23.7. The zero-order chi connectivity index (χ0) is 28.8. The number of carbonyl (C=O) groups excluding carboxylic acids is 1. The van der Waals surface area contributed by atoms with Gasteiger partial charge in [0.2, 0.25) is 0 Å². The van der Waals surface area contributed by atoms with Gasteiger partial charge in [-0.05, 0) is 94.0 Å². The van der Waals surface area contributed by atoms with Crippen LogP contribution in [0.15, 0.2) is 42.6 Å². The monoisotopic (exact) mass is 548 g/mol. The summed E-state index contributed by atoms with van der Waals surface area (Å²) in [4.78, 5) is 18.1. The Morgan fingerprint density at radius 3 is 2.60 bits per heavy atom. The van der Waals surface area contributed by atoms with E-state index in [0.29, 0.717) is 35.6 Å². The highest BCUT2D eigenvalue weighted by molar-refractivity contribution is 5.99. The van der Waals surface area contributed by atoms with E-state index in [0.717, 1.165) is 52.3 Å². The lowest BCUT2D eigenvalue weighted by molar-refractivity contribution is -0.164. The molecule has 0 saturated heterocycles. The minimum atomic E-state index is -1.02. The zero-order valence-electron chi connectivity index (χ0n) is 23.7. The molecular weight excluding hydrogens is 514 g/mol. The molecule has 3 heterocycles. The van der Waals surface area contributed by atoms with Crippen LogP contribution in [-0.4, -0.2) is 34.8 Å². The first kappa shape index (κ1) is 27.8. The van der Waals surface area contributed by atoms with Gasteiger partial charge in [-0.2, -0.15) is 0 Å². The van der Waals surface area contributed by atoms with Crippen molar-refractivity contribution in [1.82, 2.24) is 9.55 Å². The largest absolute Gasteiger partial charge is 0.493 e. The van der Waals surface area contributed by atoms with E-state index in [1.807, 2.05) is 56.7 Å². The van der Waals surface area contributed by atoms with Gasteiger partial charge in [0, 0.05) is 34.9 Å². The van der Waals surface area contributed by atoms with Crippen LogP contribution in [0.3, 0.4) is 0 Å². The number of methoxy groups -OCH3 is 1. The van der Waals surface area contributed by atoms with Crippen molar-refractivity contribution in [2.45, 2.75) is 65.7 Å².